The zero-order valence-corrected chi connectivity index (χ0v) is 10.9. The molecule has 0 aliphatic carbocycles. The molecule has 102 valence electrons. The Balaban J connectivity index is 1.79. The van der Waals surface area contributed by atoms with Crippen LogP contribution in [-0.4, -0.2) is 31.8 Å². The molecule has 0 radical (unpaired) electrons. The highest BCUT2D eigenvalue weighted by Crippen LogP contribution is 2.08. The summed E-state index contributed by atoms with van der Waals surface area (Å²) in [5.41, 5.74) is 6.45. The Hall–Kier alpha value is -2.31. The van der Waals surface area contributed by atoms with Gasteiger partial charge < -0.3 is 15.6 Å². The van der Waals surface area contributed by atoms with Gasteiger partial charge in [-0.25, -0.2) is 4.98 Å². The molecule has 0 aromatic carbocycles. The largest absolute Gasteiger partial charge is 0.396 e. The number of anilines is 1. The Morgan fingerprint density at radius 1 is 1.53 bits per heavy atom. The Kier molecular flexibility index (Phi) is 4.17. The van der Waals surface area contributed by atoms with Crippen molar-refractivity contribution >= 4 is 11.6 Å². The first-order valence-corrected chi connectivity index (χ1v) is 6.27. The van der Waals surface area contributed by atoms with Gasteiger partial charge in [0.05, 0.1) is 12.0 Å². The monoisotopic (exact) mass is 262 g/mol. The Labute approximate surface area is 111 Å². The number of imidazole rings is 1. The molecule has 3 N–H and O–H groups in total. The van der Waals surface area contributed by atoms with Crippen LogP contribution in [0.15, 0.2) is 24.9 Å². The highest BCUT2D eigenvalue weighted by Gasteiger charge is 2.13. The predicted molar refractivity (Wildman–Crippen MR) is 71.5 cm³/mol. The van der Waals surface area contributed by atoms with Crippen LogP contribution in [-0.2, 0) is 13.1 Å². The summed E-state index contributed by atoms with van der Waals surface area (Å²) < 4.78 is 3.61. The van der Waals surface area contributed by atoms with Crippen LogP contribution in [0.1, 0.15) is 23.8 Å². The molecular weight excluding hydrogens is 244 g/mol. The van der Waals surface area contributed by atoms with Crippen molar-refractivity contribution in [3.8, 4) is 0 Å². The van der Waals surface area contributed by atoms with Gasteiger partial charge in [-0.2, -0.15) is 5.10 Å². The van der Waals surface area contributed by atoms with Gasteiger partial charge in [0.15, 0.2) is 5.69 Å². The molecule has 0 atom stereocenters. The summed E-state index contributed by atoms with van der Waals surface area (Å²) in [4.78, 5) is 15.8. The number of carbonyl (C=O) groups is 1. The third-order valence-corrected chi connectivity index (χ3v) is 2.77. The minimum Gasteiger partial charge on any atom is -0.396 e. The molecule has 0 fully saturated rings. The first-order valence-electron chi connectivity index (χ1n) is 6.27. The van der Waals surface area contributed by atoms with E-state index in [2.05, 4.69) is 15.4 Å². The maximum atomic E-state index is 11.9. The fourth-order valence-electron chi connectivity index (χ4n) is 1.74. The average Bonchev–Trinajstić information content (AvgIpc) is 3.03. The van der Waals surface area contributed by atoms with Crippen LogP contribution in [0, 0.1) is 0 Å². The molecule has 1 amide bonds. The molecule has 2 aromatic heterocycles. The lowest BCUT2D eigenvalue weighted by Gasteiger charge is -2.04. The molecular formula is C12H18N6O. The van der Waals surface area contributed by atoms with E-state index < -0.39 is 0 Å². The standard InChI is InChI=1S/C12H18N6O/c1-2-18-8-10(13)11(16-18)12(19)15-4-3-6-17-7-5-14-9-17/h5,7-9H,2-4,6,13H2,1H3,(H,15,19). The van der Waals surface area contributed by atoms with Gasteiger partial charge in [0.1, 0.15) is 0 Å². The van der Waals surface area contributed by atoms with Crippen LogP contribution < -0.4 is 11.1 Å². The lowest BCUT2D eigenvalue weighted by molar-refractivity contribution is 0.0948. The van der Waals surface area contributed by atoms with Gasteiger partial charge in [-0.15, -0.1) is 0 Å². The van der Waals surface area contributed by atoms with Crippen molar-refractivity contribution in [3.05, 3.63) is 30.6 Å². The molecule has 2 heterocycles. The zero-order valence-electron chi connectivity index (χ0n) is 10.9. The summed E-state index contributed by atoms with van der Waals surface area (Å²) in [6, 6.07) is 0. The van der Waals surface area contributed by atoms with E-state index in [0.29, 0.717) is 24.5 Å². The number of aromatic nitrogens is 4. The zero-order chi connectivity index (χ0) is 13.7. The number of hydrogen-bond acceptors (Lipinski definition) is 4. The fourth-order valence-corrected chi connectivity index (χ4v) is 1.74. The van der Waals surface area contributed by atoms with Crippen molar-refractivity contribution in [1.82, 2.24) is 24.6 Å². The molecule has 0 saturated heterocycles. The normalized spacial score (nSPS) is 10.6. The number of carbonyl (C=O) groups excluding carboxylic acids is 1. The number of nitrogen functional groups attached to an aromatic ring is 1. The van der Waals surface area contributed by atoms with Crippen LogP contribution in [0.5, 0.6) is 0 Å². The van der Waals surface area contributed by atoms with Crippen molar-refractivity contribution in [2.24, 2.45) is 0 Å². The summed E-state index contributed by atoms with van der Waals surface area (Å²) in [5.74, 6) is -0.227. The molecule has 7 nitrogen and oxygen atoms in total. The Morgan fingerprint density at radius 3 is 3.00 bits per heavy atom. The smallest absolute Gasteiger partial charge is 0.273 e. The number of nitrogens with two attached hydrogens (primary N) is 1. The number of aryl methyl sites for hydroxylation is 2. The van der Waals surface area contributed by atoms with Gasteiger partial charge in [0.25, 0.3) is 5.91 Å². The van der Waals surface area contributed by atoms with Gasteiger partial charge >= 0.3 is 0 Å². The van der Waals surface area contributed by atoms with Crippen LogP contribution in [0.2, 0.25) is 0 Å². The highest BCUT2D eigenvalue weighted by atomic mass is 16.1. The van der Waals surface area contributed by atoms with Gasteiger partial charge in [0.2, 0.25) is 0 Å². The molecule has 0 unspecified atom stereocenters. The van der Waals surface area contributed by atoms with E-state index in [-0.39, 0.29) is 5.91 Å². The van der Waals surface area contributed by atoms with Crippen LogP contribution in [0.25, 0.3) is 0 Å². The molecule has 0 bridgehead atoms. The third kappa shape index (κ3) is 3.34. The molecule has 2 rings (SSSR count). The fraction of sp³-hybridized carbons (Fsp3) is 0.417. The van der Waals surface area contributed by atoms with E-state index in [9.17, 15) is 4.79 Å². The lowest BCUT2D eigenvalue weighted by Crippen LogP contribution is -2.26. The number of rotatable bonds is 6. The van der Waals surface area contributed by atoms with Gasteiger partial charge in [-0.05, 0) is 13.3 Å². The minimum absolute atomic E-state index is 0.227. The van der Waals surface area contributed by atoms with E-state index in [1.807, 2.05) is 17.7 Å². The number of amides is 1. The third-order valence-electron chi connectivity index (χ3n) is 2.77. The quantitative estimate of drug-likeness (QED) is 0.742. The van der Waals surface area contributed by atoms with Gasteiger partial charge in [0, 0.05) is 38.2 Å². The minimum atomic E-state index is -0.227. The summed E-state index contributed by atoms with van der Waals surface area (Å²) >= 11 is 0. The topological polar surface area (TPSA) is 90.8 Å². The van der Waals surface area contributed by atoms with Gasteiger partial charge in [-0.1, -0.05) is 0 Å². The second-order valence-corrected chi connectivity index (χ2v) is 4.20. The second kappa shape index (κ2) is 6.03. The maximum Gasteiger partial charge on any atom is 0.273 e. The molecule has 2 aromatic rings. The first kappa shape index (κ1) is 13.1. The Morgan fingerprint density at radius 2 is 2.37 bits per heavy atom. The summed E-state index contributed by atoms with van der Waals surface area (Å²) in [5, 5.41) is 6.93. The van der Waals surface area contributed by atoms with E-state index in [0.717, 1.165) is 13.0 Å². The second-order valence-electron chi connectivity index (χ2n) is 4.20. The van der Waals surface area contributed by atoms with Crippen molar-refractivity contribution in [1.29, 1.82) is 0 Å². The van der Waals surface area contributed by atoms with Crippen LogP contribution in [0.4, 0.5) is 5.69 Å². The van der Waals surface area contributed by atoms with Gasteiger partial charge in [-0.3, -0.25) is 9.48 Å². The number of hydrogen-bond donors (Lipinski definition) is 2. The number of nitrogens with one attached hydrogen (secondary N) is 1. The number of nitrogens with zero attached hydrogens (tertiary/aromatic N) is 4. The summed E-state index contributed by atoms with van der Waals surface area (Å²) in [7, 11) is 0. The molecule has 0 saturated carbocycles. The Bertz CT molecular complexity index is 530. The molecule has 19 heavy (non-hydrogen) atoms. The molecule has 0 aliphatic heterocycles. The first-order chi connectivity index (χ1) is 9.20. The summed E-state index contributed by atoms with van der Waals surface area (Å²) in [6.07, 6.45) is 7.87. The summed E-state index contributed by atoms with van der Waals surface area (Å²) in [6.45, 7) is 4.03. The van der Waals surface area contributed by atoms with Crippen molar-refractivity contribution in [2.75, 3.05) is 12.3 Å². The molecule has 0 aliphatic rings. The van der Waals surface area contributed by atoms with Crippen molar-refractivity contribution < 1.29 is 4.79 Å². The highest BCUT2D eigenvalue weighted by molar-refractivity contribution is 5.96. The van der Waals surface area contributed by atoms with Crippen molar-refractivity contribution in [3.63, 3.8) is 0 Å². The van der Waals surface area contributed by atoms with E-state index in [1.165, 1.54) is 0 Å². The van der Waals surface area contributed by atoms with Crippen LogP contribution in [0.3, 0.4) is 0 Å². The van der Waals surface area contributed by atoms with Crippen molar-refractivity contribution in [2.45, 2.75) is 26.4 Å². The molecule has 7 heteroatoms. The lowest BCUT2D eigenvalue weighted by atomic mass is 10.3. The molecule has 0 spiro atoms. The van der Waals surface area contributed by atoms with E-state index in [4.69, 9.17) is 5.73 Å². The predicted octanol–water partition coefficient (Wildman–Crippen LogP) is 0.502. The van der Waals surface area contributed by atoms with E-state index in [1.54, 1.807) is 23.4 Å². The van der Waals surface area contributed by atoms with Crippen LogP contribution >= 0.6 is 0 Å². The maximum absolute atomic E-state index is 11.9. The van der Waals surface area contributed by atoms with E-state index >= 15 is 0 Å². The SMILES string of the molecule is CCn1cc(N)c(C(=O)NCCCn2ccnc2)n1. The average molecular weight is 262 g/mol.